The lowest BCUT2D eigenvalue weighted by Crippen LogP contribution is -2.63. The molecule has 4 aromatic carbocycles. The van der Waals surface area contributed by atoms with Crippen molar-refractivity contribution in [2.24, 2.45) is 0 Å². The van der Waals surface area contributed by atoms with Crippen LogP contribution in [0.3, 0.4) is 0 Å². The predicted octanol–water partition coefficient (Wildman–Crippen LogP) is -0.908. The fourth-order valence-electron chi connectivity index (χ4n) is 7.80. The molecule has 1 aliphatic carbocycles. The van der Waals surface area contributed by atoms with Gasteiger partial charge in [0, 0.05) is 22.8 Å². The molecule has 27 nitrogen and oxygen atoms in total. The first-order valence-corrected chi connectivity index (χ1v) is 18.9. The number of carbonyl (C=O) groups excluding carboxylic acids is 7. The van der Waals surface area contributed by atoms with E-state index in [4.69, 9.17) is 28.4 Å². The molecule has 6 atom stereocenters. The number of cyclic esters (lactones) is 1. The Labute approximate surface area is 373 Å². The highest BCUT2D eigenvalue weighted by molar-refractivity contribution is 6.46. The zero-order valence-electron chi connectivity index (χ0n) is 33.2. The van der Waals surface area contributed by atoms with Crippen molar-refractivity contribution >= 4 is 41.4 Å². The van der Waals surface area contributed by atoms with E-state index in [0.717, 1.165) is 0 Å². The summed E-state index contributed by atoms with van der Waals surface area (Å²) in [6.45, 7) is -1.34. The highest BCUT2D eigenvalue weighted by Crippen LogP contribution is 2.54. The number of fused-ring (bicyclic) bond motifs is 6. The van der Waals surface area contributed by atoms with Gasteiger partial charge in [0.15, 0.2) is 64.0 Å². The second-order valence-corrected chi connectivity index (χ2v) is 15.1. The number of benzene rings is 4. The third kappa shape index (κ3) is 6.92. The molecule has 1 saturated heterocycles. The van der Waals surface area contributed by atoms with E-state index in [1.54, 1.807) is 0 Å². The highest BCUT2D eigenvalue weighted by Gasteiger charge is 2.59. The molecule has 0 radical (unpaired) electrons. The van der Waals surface area contributed by atoms with E-state index in [-0.39, 0.29) is 6.08 Å². The van der Waals surface area contributed by atoms with E-state index in [1.165, 1.54) is 0 Å². The van der Waals surface area contributed by atoms with Crippen LogP contribution in [0, 0.1) is 0 Å². The van der Waals surface area contributed by atoms with Gasteiger partial charge in [-0.15, -0.1) is 0 Å². The fourth-order valence-corrected chi connectivity index (χ4v) is 7.80. The van der Waals surface area contributed by atoms with Gasteiger partial charge in [0.05, 0.1) is 33.7 Å². The van der Waals surface area contributed by atoms with Crippen LogP contribution in [0.1, 0.15) is 52.9 Å². The van der Waals surface area contributed by atoms with Gasteiger partial charge in [-0.3, -0.25) is 9.59 Å². The summed E-state index contributed by atoms with van der Waals surface area (Å²) in [6.07, 6.45) is -12.6. The number of Topliss-reactive ketones (excluding diaryl/α,β-unsaturated/α-hetero) is 1. The van der Waals surface area contributed by atoms with Crippen molar-refractivity contribution in [1.82, 2.24) is 0 Å². The molecule has 6 unspecified atom stereocenters. The summed E-state index contributed by atoms with van der Waals surface area (Å²) in [5.74, 6) is -36.5. The van der Waals surface area contributed by atoms with Crippen LogP contribution in [0.25, 0.3) is 11.1 Å². The Morgan fingerprint density at radius 3 is 1.59 bits per heavy atom. The Morgan fingerprint density at radius 2 is 1.01 bits per heavy atom. The minimum atomic E-state index is -4.15. The Kier molecular flexibility index (Phi) is 10.5. The number of rotatable bonds is 2. The third-order valence-electron chi connectivity index (χ3n) is 11.0. The van der Waals surface area contributed by atoms with E-state index < -0.39 is 204 Å². The second kappa shape index (κ2) is 15.7. The normalized spacial score (nSPS) is 23.2. The zero-order chi connectivity index (χ0) is 49.7. The van der Waals surface area contributed by atoms with Gasteiger partial charge in [-0.2, -0.15) is 0 Å². The molecule has 4 aromatic rings. The summed E-state index contributed by atoms with van der Waals surface area (Å²) in [4.78, 5) is 97.0. The van der Waals surface area contributed by atoms with E-state index in [0.29, 0.717) is 30.3 Å². The highest BCUT2D eigenvalue weighted by atomic mass is 16.7. The number of esters is 5. The summed E-state index contributed by atoms with van der Waals surface area (Å²) in [6, 6.07) is 2.11. The fraction of sp³-hybridized carbons (Fsp3) is 0.195. The molecule has 0 saturated carbocycles. The molecule has 0 aromatic heterocycles. The number of aliphatic hydroxyl groups is 2. The number of carbonyl (C=O) groups is 7. The summed E-state index contributed by atoms with van der Waals surface area (Å²) < 4.78 is 33.5. The van der Waals surface area contributed by atoms with E-state index in [9.17, 15) is 105 Å². The molecule has 14 N–H and O–H groups in total. The first kappa shape index (κ1) is 45.4. The quantitative estimate of drug-likeness (QED) is 0.0380. The zero-order valence-corrected chi connectivity index (χ0v) is 33.2. The number of hydrogen-bond acceptors (Lipinski definition) is 27. The second-order valence-electron chi connectivity index (χ2n) is 15.1. The number of phenolic OH excluding ortho intramolecular Hbond substituents is 12. The van der Waals surface area contributed by atoms with Crippen LogP contribution in [0.15, 0.2) is 42.0 Å². The van der Waals surface area contributed by atoms with Gasteiger partial charge < -0.3 is 99.9 Å². The third-order valence-corrected chi connectivity index (χ3v) is 11.0. The SMILES string of the molecule is O=C1C=C2C(=O)OC3C(OC(=O)c4cc(O)c(O)c(O)c4)OC4COC(=O)c5cc(O)c(O)c(O)c5-c5c(cc(O)c(O)c5O)C(=O)OC3C4OC(=O)c3cc(O)c(O)c(O)c3C2C(O)(O)C1=O. The smallest absolute Gasteiger partial charge is 0.340 e. The monoisotopic (exact) mass is 952 g/mol. The average molecular weight is 953 g/mol. The Balaban J connectivity index is 1.40. The van der Waals surface area contributed by atoms with Crippen molar-refractivity contribution in [3.8, 4) is 80.1 Å². The topological polar surface area (TPSA) is 458 Å². The Morgan fingerprint density at radius 1 is 0.544 bits per heavy atom. The van der Waals surface area contributed by atoms with Crippen molar-refractivity contribution in [2.45, 2.75) is 42.4 Å². The van der Waals surface area contributed by atoms with Crippen molar-refractivity contribution in [3.63, 3.8) is 0 Å². The number of phenols is 12. The summed E-state index contributed by atoms with van der Waals surface area (Å²) in [5.41, 5.74) is -9.30. The number of aromatic hydroxyl groups is 12. The molecule has 0 amide bonds. The van der Waals surface area contributed by atoms with Crippen LogP contribution in [-0.4, -0.2) is 156 Å². The predicted molar refractivity (Wildman–Crippen MR) is 205 cm³/mol. The minimum Gasteiger partial charge on any atom is -0.504 e. The van der Waals surface area contributed by atoms with Crippen LogP contribution in [-0.2, 0) is 42.8 Å². The summed E-state index contributed by atoms with van der Waals surface area (Å²) in [5, 5.41) is 149. The maximum Gasteiger partial charge on any atom is 0.340 e. The van der Waals surface area contributed by atoms with Gasteiger partial charge in [0.25, 0.3) is 5.78 Å². The molecule has 4 bridgehead atoms. The molecule has 0 spiro atoms. The Bertz CT molecular complexity index is 3000. The summed E-state index contributed by atoms with van der Waals surface area (Å²) in [7, 11) is 0. The van der Waals surface area contributed by atoms with Crippen LogP contribution in [0.4, 0.5) is 0 Å². The number of allylic oxidation sites excluding steroid dienone is 1. The summed E-state index contributed by atoms with van der Waals surface area (Å²) >= 11 is 0. The van der Waals surface area contributed by atoms with Gasteiger partial charge in [-0.1, -0.05) is 0 Å². The number of hydrogen-bond donors (Lipinski definition) is 14. The van der Waals surface area contributed by atoms with E-state index >= 15 is 0 Å². The van der Waals surface area contributed by atoms with Crippen molar-refractivity contribution in [2.75, 3.05) is 6.61 Å². The molecule has 3 aliphatic heterocycles. The largest absolute Gasteiger partial charge is 0.504 e. The van der Waals surface area contributed by atoms with Crippen molar-refractivity contribution in [1.29, 1.82) is 0 Å². The van der Waals surface area contributed by atoms with Gasteiger partial charge in [0.1, 0.15) is 12.7 Å². The maximum absolute atomic E-state index is 14.6. The van der Waals surface area contributed by atoms with Crippen LogP contribution < -0.4 is 0 Å². The van der Waals surface area contributed by atoms with E-state index in [1.807, 2.05) is 0 Å². The van der Waals surface area contributed by atoms with Crippen LogP contribution in [0.5, 0.6) is 69.0 Å². The average Bonchev–Trinajstić information content (AvgIpc) is 3.28. The molecular weight excluding hydrogens is 924 g/mol. The first-order valence-electron chi connectivity index (χ1n) is 18.9. The van der Waals surface area contributed by atoms with Crippen LogP contribution in [0.2, 0.25) is 0 Å². The van der Waals surface area contributed by atoms with Gasteiger partial charge in [0.2, 0.25) is 41.2 Å². The van der Waals surface area contributed by atoms with Crippen LogP contribution >= 0.6 is 0 Å². The van der Waals surface area contributed by atoms with Gasteiger partial charge in [-0.05, 0) is 30.3 Å². The number of ketones is 2. The molecule has 27 heteroatoms. The molecule has 354 valence electrons. The lowest BCUT2D eigenvalue weighted by Gasteiger charge is -2.44. The molecule has 3 heterocycles. The van der Waals surface area contributed by atoms with Crippen molar-refractivity contribution < 1.29 is 133 Å². The lowest BCUT2D eigenvalue weighted by atomic mass is 9.74. The standard InChI is InChI=1S/C41H28O27/c42-13-1-8(2-14(43)24(13)48)35(56)68-40-33-32-31(65-38(59)11-5-17(46)27(51)30(54)22(11)23-12(39(60)67-33)6-18(47)34(55)41(23,61)62)19(64-40)7-63-36(57)9-3-15(44)25(49)28(52)20(9)21-10(37(58)66-32)4-16(45)26(50)29(21)53/h1-6,19,23,31-33,40,42-46,48-54,61-62H,7H2. The van der Waals surface area contributed by atoms with E-state index in [2.05, 4.69) is 0 Å². The maximum atomic E-state index is 14.6. The molecule has 4 aliphatic rings. The minimum absolute atomic E-state index is 0.112. The number of ether oxygens (including phenoxy) is 6. The van der Waals surface area contributed by atoms with Gasteiger partial charge in [-0.25, -0.2) is 24.0 Å². The van der Waals surface area contributed by atoms with Gasteiger partial charge >= 0.3 is 29.8 Å². The molecular formula is C41H28O27. The first-order chi connectivity index (χ1) is 31.8. The molecule has 1 fully saturated rings. The Hall–Kier alpha value is -9.21. The van der Waals surface area contributed by atoms with Crippen molar-refractivity contribution in [3.05, 3.63) is 69.8 Å². The molecule has 68 heavy (non-hydrogen) atoms. The molecule has 8 rings (SSSR count). The lowest BCUT2D eigenvalue weighted by molar-refractivity contribution is -0.287.